The molecule has 4 rings (SSSR count). The van der Waals surface area contributed by atoms with Gasteiger partial charge in [0.2, 0.25) is 0 Å². The van der Waals surface area contributed by atoms with Gasteiger partial charge in [-0.1, -0.05) is 30.3 Å². The first-order chi connectivity index (χ1) is 9.84. The molecule has 0 atom stereocenters. The molecule has 0 spiro atoms. The second-order valence-corrected chi connectivity index (χ2v) is 5.24. The predicted octanol–water partition coefficient (Wildman–Crippen LogP) is 3.40. The molecule has 3 heteroatoms. The molecule has 1 fully saturated rings. The van der Waals surface area contributed by atoms with Crippen LogP contribution in [-0.4, -0.2) is 9.55 Å². The monoisotopic (exact) mass is 262 g/mol. The second-order valence-electron chi connectivity index (χ2n) is 5.24. The Morgan fingerprint density at radius 3 is 2.60 bits per heavy atom. The van der Waals surface area contributed by atoms with E-state index in [9.17, 15) is 4.79 Å². The van der Waals surface area contributed by atoms with Gasteiger partial charge in [-0.15, -0.1) is 0 Å². The van der Waals surface area contributed by atoms with E-state index in [0.717, 1.165) is 35.0 Å². The number of hydrogen-bond donors (Lipinski definition) is 0. The fourth-order valence-electron chi connectivity index (χ4n) is 2.72. The molecule has 0 unspecified atom stereocenters. The van der Waals surface area contributed by atoms with Crippen LogP contribution in [0.5, 0.6) is 0 Å². The van der Waals surface area contributed by atoms with E-state index in [1.165, 1.54) is 0 Å². The zero-order chi connectivity index (χ0) is 13.5. The summed E-state index contributed by atoms with van der Waals surface area (Å²) in [5.41, 5.74) is 2.89. The molecule has 20 heavy (non-hydrogen) atoms. The van der Waals surface area contributed by atoms with Crippen LogP contribution < -0.4 is 5.56 Å². The Balaban J connectivity index is 2.08. The van der Waals surface area contributed by atoms with Crippen LogP contribution in [0.25, 0.3) is 22.2 Å². The Morgan fingerprint density at radius 2 is 1.85 bits per heavy atom. The Labute approximate surface area is 116 Å². The first-order valence-corrected chi connectivity index (χ1v) is 6.90. The number of rotatable bonds is 2. The van der Waals surface area contributed by atoms with Gasteiger partial charge in [-0.3, -0.25) is 9.36 Å². The molecule has 0 radical (unpaired) electrons. The first kappa shape index (κ1) is 11.4. The van der Waals surface area contributed by atoms with E-state index in [4.69, 9.17) is 0 Å². The molecule has 0 N–H and O–H groups in total. The standard InChI is InChI=1S/C17H14N2O/c20-16-11-15(12-5-2-1-3-6-12)14-7-4-10-18-17(14)19(16)13-8-9-13/h1-7,10-11,13H,8-9H2. The third-order valence-corrected chi connectivity index (χ3v) is 3.81. The fraction of sp³-hybridized carbons (Fsp3) is 0.176. The number of nitrogens with zero attached hydrogens (tertiary/aromatic N) is 2. The SMILES string of the molecule is O=c1cc(-c2ccccc2)c2cccnc2n1C1CC1. The van der Waals surface area contributed by atoms with E-state index in [-0.39, 0.29) is 5.56 Å². The lowest BCUT2D eigenvalue weighted by molar-refractivity contribution is 0.730. The van der Waals surface area contributed by atoms with Crippen molar-refractivity contribution in [1.29, 1.82) is 0 Å². The topological polar surface area (TPSA) is 34.9 Å². The summed E-state index contributed by atoms with van der Waals surface area (Å²) in [6, 6.07) is 16.1. The lowest BCUT2D eigenvalue weighted by Gasteiger charge is -2.11. The average molecular weight is 262 g/mol. The van der Waals surface area contributed by atoms with Crippen LogP contribution in [0.1, 0.15) is 18.9 Å². The van der Waals surface area contributed by atoms with Crippen LogP contribution in [0.2, 0.25) is 0 Å². The van der Waals surface area contributed by atoms with Crippen molar-refractivity contribution in [1.82, 2.24) is 9.55 Å². The number of pyridine rings is 2. The fourth-order valence-corrected chi connectivity index (χ4v) is 2.72. The predicted molar refractivity (Wildman–Crippen MR) is 79.7 cm³/mol. The smallest absolute Gasteiger partial charge is 0.253 e. The molecule has 98 valence electrons. The number of benzene rings is 1. The van der Waals surface area contributed by atoms with Crippen LogP contribution in [0.4, 0.5) is 0 Å². The van der Waals surface area contributed by atoms with Crippen molar-refractivity contribution in [3.63, 3.8) is 0 Å². The lowest BCUT2D eigenvalue weighted by Crippen LogP contribution is -2.19. The largest absolute Gasteiger partial charge is 0.290 e. The van der Waals surface area contributed by atoms with Gasteiger partial charge in [-0.05, 0) is 36.1 Å². The highest BCUT2D eigenvalue weighted by molar-refractivity contribution is 5.92. The van der Waals surface area contributed by atoms with Gasteiger partial charge >= 0.3 is 0 Å². The Hall–Kier alpha value is -2.42. The number of aromatic nitrogens is 2. The molecule has 3 aromatic rings. The van der Waals surface area contributed by atoms with Crippen LogP contribution in [0.3, 0.4) is 0 Å². The highest BCUT2D eigenvalue weighted by Gasteiger charge is 2.27. The quantitative estimate of drug-likeness (QED) is 0.709. The van der Waals surface area contributed by atoms with Gasteiger partial charge in [0, 0.05) is 23.7 Å². The normalized spacial score (nSPS) is 14.6. The molecular formula is C17H14N2O. The van der Waals surface area contributed by atoms with Crippen LogP contribution in [0, 0.1) is 0 Å². The zero-order valence-electron chi connectivity index (χ0n) is 11.0. The van der Waals surface area contributed by atoms with E-state index >= 15 is 0 Å². The van der Waals surface area contributed by atoms with E-state index in [1.807, 2.05) is 47.0 Å². The summed E-state index contributed by atoms with van der Waals surface area (Å²) in [6.07, 6.45) is 3.92. The van der Waals surface area contributed by atoms with Crippen molar-refractivity contribution in [2.24, 2.45) is 0 Å². The molecule has 2 aromatic heterocycles. The summed E-state index contributed by atoms with van der Waals surface area (Å²) < 4.78 is 1.85. The molecular weight excluding hydrogens is 248 g/mol. The molecule has 2 heterocycles. The Bertz CT molecular complexity index is 832. The molecule has 3 nitrogen and oxygen atoms in total. The summed E-state index contributed by atoms with van der Waals surface area (Å²) in [5, 5.41) is 1.05. The molecule has 0 amide bonds. The molecule has 0 aliphatic heterocycles. The third-order valence-electron chi connectivity index (χ3n) is 3.81. The van der Waals surface area contributed by atoms with Crippen LogP contribution >= 0.6 is 0 Å². The molecule has 0 saturated heterocycles. The number of hydrogen-bond acceptors (Lipinski definition) is 2. The summed E-state index contributed by atoms with van der Waals surface area (Å²) in [5.74, 6) is 0. The highest BCUT2D eigenvalue weighted by Crippen LogP contribution is 2.36. The Kier molecular flexibility index (Phi) is 2.46. The van der Waals surface area contributed by atoms with Crippen molar-refractivity contribution >= 4 is 11.0 Å². The van der Waals surface area contributed by atoms with Gasteiger partial charge in [-0.25, -0.2) is 4.98 Å². The lowest BCUT2D eigenvalue weighted by atomic mass is 10.0. The van der Waals surface area contributed by atoms with Gasteiger partial charge in [0.15, 0.2) is 0 Å². The van der Waals surface area contributed by atoms with Gasteiger partial charge in [-0.2, -0.15) is 0 Å². The van der Waals surface area contributed by atoms with Crippen LogP contribution in [-0.2, 0) is 0 Å². The zero-order valence-corrected chi connectivity index (χ0v) is 11.0. The van der Waals surface area contributed by atoms with Gasteiger partial charge in [0.05, 0.1) is 0 Å². The van der Waals surface area contributed by atoms with E-state index in [1.54, 1.807) is 12.3 Å². The summed E-state index contributed by atoms with van der Waals surface area (Å²) >= 11 is 0. The minimum Gasteiger partial charge on any atom is -0.290 e. The average Bonchev–Trinajstić information content (AvgIpc) is 3.32. The maximum Gasteiger partial charge on any atom is 0.253 e. The highest BCUT2D eigenvalue weighted by atomic mass is 16.1. The van der Waals surface area contributed by atoms with Crippen molar-refractivity contribution in [2.45, 2.75) is 18.9 Å². The van der Waals surface area contributed by atoms with Crippen molar-refractivity contribution in [3.05, 3.63) is 65.1 Å². The maximum atomic E-state index is 12.4. The molecule has 1 saturated carbocycles. The minimum atomic E-state index is 0.0533. The van der Waals surface area contributed by atoms with E-state index < -0.39 is 0 Å². The molecule has 1 aliphatic carbocycles. The summed E-state index contributed by atoms with van der Waals surface area (Å²) in [7, 11) is 0. The molecule has 0 bridgehead atoms. The molecule has 1 aromatic carbocycles. The van der Waals surface area contributed by atoms with Gasteiger partial charge in [0.25, 0.3) is 5.56 Å². The summed E-state index contributed by atoms with van der Waals surface area (Å²) in [6.45, 7) is 0. The second kappa shape index (κ2) is 4.30. The summed E-state index contributed by atoms with van der Waals surface area (Å²) in [4.78, 5) is 16.9. The maximum absolute atomic E-state index is 12.4. The van der Waals surface area contributed by atoms with Gasteiger partial charge in [0.1, 0.15) is 5.65 Å². The van der Waals surface area contributed by atoms with Crippen LogP contribution in [0.15, 0.2) is 59.5 Å². The Morgan fingerprint density at radius 1 is 1.05 bits per heavy atom. The van der Waals surface area contributed by atoms with Crippen molar-refractivity contribution in [3.8, 4) is 11.1 Å². The number of fused-ring (bicyclic) bond motifs is 1. The van der Waals surface area contributed by atoms with E-state index in [2.05, 4.69) is 4.98 Å². The van der Waals surface area contributed by atoms with E-state index in [0.29, 0.717) is 6.04 Å². The van der Waals surface area contributed by atoms with Gasteiger partial charge < -0.3 is 0 Å². The van der Waals surface area contributed by atoms with Crippen molar-refractivity contribution in [2.75, 3.05) is 0 Å². The molecule has 1 aliphatic rings. The first-order valence-electron chi connectivity index (χ1n) is 6.90. The van der Waals surface area contributed by atoms with Crippen molar-refractivity contribution < 1.29 is 0 Å². The third kappa shape index (κ3) is 1.74. The minimum absolute atomic E-state index is 0.0533.